The third-order valence-corrected chi connectivity index (χ3v) is 4.88. The van der Waals surface area contributed by atoms with Crippen molar-refractivity contribution in [3.05, 3.63) is 20.9 Å². The summed E-state index contributed by atoms with van der Waals surface area (Å²) in [6, 6.07) is 0. The molecule has 0 aromatic heterocycles. The zero-order valence-electron chi connectivity index (χ0n) is 5.40. The molecule has 0 spiro atoms. The van der Waals surface area contributed by atoms with Crippen LogP contribution in [0.15, 0.2) is 20.9 Å². The van der Waals surface area contributed by atoms with Gasteiger partial charge in [-0.05, 0) is 0 Å². The van der Waals surface area contributed by atoms with Crippen molar-refractivity contribution in [2.45, 2.75) is 0 Å². The molecule has 0 saturated carbocycles. The average molecular weight is 350 g/mol. The van der Waals surface area contributed by atoms with Gasteiger partial charge in [0.15, 0.2) is 0 Å². The van der Waals surface area contributed by atoms with Crippen LogP contribution in [0.3, 0.4) is 0 Å². The Kier molecular flexibility index (Phi) is 5.97. The Labute approximate surface area is 80.6 Å². The number of alkyl halides is 1. The second kappa shape index (κ2) is 5.52. The maximum atomic E-state index is 3.84. The van der Waals surface area contributed by atoms with E-state index in [1.54, 1.807) is 0 Å². The molecule has 0 rings (SSSR count). The van der Waals surface area contributed by atoms with Gasteiger partial charge in [-0.2, -0.15) is 0 Å². The zero-order valence-corrected chi connectivity index (χ0v) is 9.72. The Bertz CT molecular complexity index is 112. The first-order valence-corrected chi connectivity index (χ1v) is 6.11. The Hall–Kier alpha value is 0.740. The van der Waals surface area contributed by atoms with Crippen molar-refractivity contribution in [3.8, 4) is 0 Å². The molecule has 0 radical (unpaired) electrons. The van der Waals surface area contributed by atoms with Crippen LogP contribution in [0.1, 0.15) is 0 Å². The number of hydrogen-bond donors (Lipinski definition) is 0. The summed E-state index contributed by atoms with van der Waals surface area (Å²) in [6.07, 6.45) is 1.85. The summed E-state index contributed by atoms with van der Waals surface area (Å²) in [6.45, 7) is 7.49. The van der Waals surface area contributed by atoms with Gasteiger partial charge in [-0.25, -0.2) is 0 Å². The van der Waals surface area contributed by atoms with Crippen molar-refractivity contribution in [1.29, 1.82) is 0 Å². The maximum absolute atomic E-state index is 3.84. The number of hydrogen-bond acceptors (Lipinski definition) is 1. The summed E-state index contributed by atoms with van der Waals surface area (Å²) in [5.41, 5.74) is 0. The first-order chi connectivity index (χ1) is 4.16. The Balaban J connectivity index is 3.26. The van der Waals surface area contributed by atoms with Crippen molar-refractivity contribution in [3.63, 3.8) is 0 Å². The van der Waals surface area contributed by atoms with E-state index in [9.17, 15) is 0 Å². The van der Waals surface area contributed by atoms with Crippen LogP contribution in [-0.4, -0.2) is 16.5 Å². The van der Waals surface area contributed by atoms with Crippen LogP contribution >= 0.6 is 22.6 Å². The Morgan fingerprint density at radius 2 is 2.44 bits per heavy atom. The van der Waals surface area contributed by atoms with Gasteiger partial charge in [0.1, 0.15) is 0 Å². The molecule has 1 nitrogen and oxygen atoms in total. The number of rotatable bonds is 4. The van der Waals surface area contributed by atoms with E-state index in [2.05, 4.69) is 40.6 Å². The molecule has 0 aromatic carbocycles. The van der Waals surface area contributed by atoms with Gasteiger partial charge in [0.05, 0.1) is 0 Å². The second-order valence-electron chi connectivity index (χ2n) is 1.53. The molecular weight excluding hydrogens is 340 g/mol. The molecule has 0 aromatic rings. The Morgan fingerprint density at radius 3 is 2.78 bits per heavy atom. The predicted molar refractivity (Wildman–Crippen MR) is 46.0 cm³/mol. The molecule has 3 heteroatoms. The van der Waals surface area contributed by atoms with Gasteiger partial charge >= 0.3 is 81.2 Å². The average Bonchev–Trinajstić information content (AvgIpc) is 1.83. The molecule has 0 amide bonds. The van der Waals surface area contributed by atoms with Gasteiger partial charge in [-0.3, -0.25) is 0 Å². The Morgan fingerprint density at radius 1 is 1.89 bits per heavy atom. The SMILES string of the molecule is C=CN(C)C[I-]C(=C)I. The monoisotopic (exact) mass is 350 g/mol. The normalized spacial score (nSPS) is 9.11. The van der Waals surface area contributed by atoms with Crippen LogP contribution in [0.25, 0.3) is 0 Å². The number of halogens is 2. The topological polar surface area (TPSA) is 3.24 Å². The van der Waals surface area contributed by atoms with Gasteiger partial charge in [0, 0.05) is 0 Å². The molecule has 0 aliphatic carbocycles. The molecule has 0 unspecified atom stereocenters. The molecule has 0 aliphatic rings. The number of nitrogens with zero attached hydrogens (tertiary/aromatic N) is 1. The van der Waals surface area contributed by atoms with Gasteiger partial charge < -0.3 is 0 Å². The van der Waals surface area contributed by atoms with Crippen LogP contribution < -0.4 is 21.2 Å². The summed E-state index contributed by atoms with van der Waals surface area (Å²) in [5, 5.41) is 0. The van der Waals surface area contributed by atoms with Crippen molar-refractivity contribution in [2.24, 2.45) is 0 Å². The van der Waals surface area contributed by atoms with E-state index >= 15 is 0 Å². The van der Waals surface area contributed by atoms with E-state index in [-0.39, 0.29) is 21.2 Å². The summed E-state index contributed by atoms with van der Waals surface area (Å²) in [4.78, 5) is 2.09. The van der Waals surface area contributed by atoms with E-state index in [0.717, 1.165) is 4.55 Å². The first kappa shape index (κ1) is 9.74. The fourth-order valence-corrected chi connectivity index (χ4v) is 2.26. The minimum atomic E-state index is 0.165. The fourth-order valence-electron chi connectivity index (χ4n) is 0.208. The molecular formula is C6H10I2N-. The molecule has 0 heterocycles. The van der Waals surface area contributed by atoms with Crippen LogP contribution in [0.4, 0.5) is 0 Å². The molecule has 0 N–H and O–H groups in total. The van der Waals surface area contributed by atoms with Gasteiger partial charge in [0.2, 0.25) is 0 Å². The second-order valence-corrected chi connectivity index (χ2v) is 7.64. The van der Waals surface area contributed by atoms with Gasteiger partial charge in [-0.1, -0.05) is 0 Å². The molecule has 0 saturated heterocycles. The van der Waals surface area contributed by atoms with E-state index in [1.807, 2.05) is 13.2 Å². The van der Waals surface area contributed by atoms with Gasteiger partial charge in [-0.15, -0.1) is 0 Å². The van der Waals surface area contributed by atoms with E-state index in [0.29, 0.717) is 0 Å². The summed E-state index contributed by atoms with van der Waals surface area (Å²) in [5.74, 6) is 0. The first-order valence-electron chi connectivity index (χ1n) is 2.43. The molecule has 0 aliphatic heterocycles. The van der Waals surface area contributed by atoms with E-state index < -0.39 is 0 Å². The third-order valence-electron chi connectivity index (χ3n) is 0.705. The summed E-state index contributed by atoms with van der Waals surface area (Å²) >= 11 is 2.45. The van der Waals surface area contributed by atoms with Crippen LogP contribution in [0, 0.1) is 0 Å². The van der Waals surface area contributed by atoms with Crippen LogP contribution in [0.5, 0.6) is 0 Å². The van der Waals surface area contributed by atoms with E-state index in [1.165, 1.54) is 1.59 Å². The summed E-state index contributed by atoms with van der Waals surface area (Å²) in [7, 11) is 2.03. The van der Waals surface area contributed by atoms with E-state index in [4.69, 9.17) is 0 Å². The molecule has 54 valence electrons. The summed E-state index contributed by atoms with van der Waals surface area (Å²) < 4.78 is 2.43. The third kappa shape index (κ3) is 6.63. The standard InChI is InChI=1S/C6H10I2N/c1-4-9(3)5-8-6(2)7/h4H,1-2,5H2,3H3/q-1. The van der Waals surface area contributed by atoms with Crippen molar-refractivity contribution >= 4 is 22.6 Å². The zero-order chi connectivity index (χ0) is 7.28. The van der Waals surface area contributed by atoms with Crippen LogP contribution in [0.2, 0.25) is 0 Å². The minimum absolute atomic E-state index is 0.165. The molecule has 0 fully saturated rings. The fraction of sp³-hybridized carbons (Fsp3) is 0.333. The quantitative estimate of drug-likeness (QED) is 0.358. The van der Waals surface area contributed by atoms with Crippen molar-refractivity contribution in [2.75, 3.05) is 11.6 Å². The van der Waals surface area contributed by atoms with Crippen molar-refractivity contribution < 1.29 is 21.2 Å². The molecule has 0 bridgehead atoms. The molecule has 0 atom stereocenters. The van der Waals surface area contributed by atoms with Crippen molar-refractivity contribution in [1.82, 2.24) is 4.90 Å². The molecule has 9 heavy (non-hydrogen) atoms. The van der Waals surface area contributed by atoms with Crippen LogP contribution in [-0.2, 0) is 0 Å². The van der Waals surface area contributed by atoms with Gasteiger partial charge in [0.25, 0.3) is 0 Å². The predicted octanol–water partition coefficient (Wildman–Crippen LogP) is -0.986.